The molecule has 1 aliphatic rings. The van der Waals surface area contributed by atoms with Crippen LogP contribution in [-0.2, 0) is 12.7 Å². The maximum absolute atomic E-state index is 13.7. The predicted octanol–water partition coefficient (Wildman–Crippen LogP) is 4.46. The Bertz CT molecular complexity index is 1080. The van der Waals surface area contributed by atoms with Gasteiger partial charge in [-0.15, -0.1) is 0 Å². The van der Waals surface area contributed by atoms with Crippen molar-refractivity contribution in [3.8, 4) is 11.8 Å². The van der Waals surface area contributed by atoms with E-state index in [9.17, 15) is 31.1 Å². The number of benzene rings is 2. The number of ether oxygens (including phenoxy) is 1. The molecule has 1 aliphatic heterocycles. The normalized spacial score (nSPS) is 20.2. The predicted molar refractivity (Wildman–Crippen MR) is 114 cm³/mol. The zero-order chi connectivity index (χ0) is 25.8. The van der Waals surface area contributed by atoms with Crippen LogP contribution in [0.2, 0.25) is 0 Å². The number of nitriles is 1. The Morgan fingerprint density at radius 2 is 1.83 bits per heavy atom. The Morgan fingerprint density at radius 3 is 2.40 bits per heavy atom. The van der Waals surface area contributed by atoms with E-state index in [4.69, 9.17) is 10.00 Å². The SMILES string of the molecule is CNC(=O)NCc1ccc(OC[C@@H]2CC(c3ccc(C#N)c(C(F)(F)F)c3)[C@H](C(F)(F)F)N2)cc1. The number of hydrogen-bond acceptors (Lipinski definition) is 4. The molecule has 12 heteroatoms. The molecule has 0 aliphatic carbocycles. The summed E-state index contributed by atoms with van der Waals surface area (Å²) in [6, 6.07) is 7.47. The fraction of sp³-hybridized carbons (Fsp3) is 0.391. The third kappa shape index (κ3) is 6.57. The van der Waals surface area contributed by atoms with Crippen molar-refractivity contribution < 1.29 is 35.9 Å². The number of urea groups is 1. The zero-order valence-electron chi connectivity index (χ0n) is 18.4. The largest absolute Gasteiger partial charge is 0.492 e. The van der Waals surface area contributed by atoms with Crippen molar-refractivity contribution in [3.63, 3.8) is 0 Å². The van der Waals surface area contributed by atoms with Crippen molar-refractivity contribution in [2.45, 2.75) is 43.3 Å². The first-order chi connectivity index (χ1) is 16.4. The van der Waals surface area contributed by atoms with Gasteiger partial charge in [-0.3, -0.25) is 5.32 Å². The summed E-state index contributed by atoms with van der Waals surface area (Å²) in [5, 5.41) is 16.4. The van der Waals surface area contributed by atoms with Crippen molar-refractivity contribution in [1.29, 1.82) is 5.26 Å². The second-order valence-corrected chi connectivity index (χ2v) is 8.03. The number of carbonyl (C=O) groups is 1. The molecule has 6 nitrogen and oxygen atoms in total. The highest BCUT2D eigenvalue weighted by atomic mass is 19.4. The number of halogens is 6. The van der Waals surface area contributed by atoms with Gasteiger partial charge in [-0.2, -0.15) is 31.6 Å². The lowest BCUT2D eigenvalue weighted by Crippen LogP contribution is -2.44. The van der Waals surface area contributed by atoms with Crippen molar-refractivity contribution in [2.75, 3.05) is 13.7 Å². The van der Waals surface area contributed by atoms with Gasteiger partial charge in [0, 0.05) is 25.6 Å². The molecule has 0 radical (unpaired) electrons. The van der Waals surface area contributed by atoms with E-state index >= 15 is 0 Å². The molecule has 0 saturated carbocycles. The molecule has 1 heterocycles. The van der Waals surface area contributed by atoms with Gasteiger partial charge < -0.3 is 15.4 Å². The van der Waals surface area contributed by atoms with Gasteiger partial charge in [-0.25, -0.2) is 4.79 Å². The Morgan fingerprint density at radius 1 is 1.14 bits per heavy atom. The number of hydrogen-bond donors (Lipinski definition) is 3. The van der Waals surface area contributed by atoms with Crippen molar-refractivity contribution in [3.05, 3.63) is 64.7 Å². The zero-order valence-corrected chi connectivity index (χ0v) is 18.4. The van der Waals surface area contributed by atoms with E-state index in [0.717, 1.165) is 17.7 Å². The van der Waals surface area contributed by atoms with Crippen LogP contribution in [0.4, 0.5) is 31.1 Å². The van der Waals surface area contributed by atoms with E-state index < -0.39 is 41.5 Å². The Labute approximate surface area is 197 Å². The number of carbonyl (C=O) groups excluding carboxylic acids is 1. The lowest BCUT2D eigenvalue weighted by Gasteiger charge is -2.23. The summed E-state index contributed by atoms with van der Waals surface area (Å²) in [5.41, 5.74) is -1.28. The van der Waals surface area contributed by atoms with Crippen LogP contribution in [0, 0.1) is 11.3 Å². The molecule has 2 aromatic rings. The Balaban J connectivity index is 1.71. The van der Waals surface area contributed by atoms with Gasteiger partial charge in [0.25, 0.3) is 0 Å². The molecule has 2 aromatic carbocycles. The first-order valence-electron chi connectivity index (χ1n) is 10.5. The molecule has 1 unspecified atom stereocenters. The molecular weight excluding hydrogens is 478 g/mol. The Hall–Kier alpha value is -3.46. The summed E-state index contributed by atoms with van der Waals surface area (Å²) < 4.78 is 86.7. The third-order valence-electron chi connectivity index (χ3n) is 5.66. The molecule has 0 bridgehead atoms. The number of nitrogens with zero attached hydrogens (tertiary/aromatic N) is 1. The second-order valence-electron chi connectivity index (χ2n) is 8.03. The van der Waals surface area contributed by atoms with Crippen LogP contribution < -0.4 is 20.7 Å². The van der Waals surface area contributed by atoms with Gasteiger partial charge in [0.1, 0.15) is 18.4 Å². The fourth-order valence-electron chi connectivity index (χ4n) is 3.94. The molecular formula is C23H22F6N4O2. The molecule has 1 saturated heterocycles. The van der Waals surface area contributed by atoms with Gasteiger partial charge in [-0.1, -0.05) is 18.2 Å². The lowest BCUT2D eigenvalue weighted by molar-refractivity contribution is -0.156. The molecule has 35 heavy (non-hydrogen) atoms. The lowest BCUT2D eigenvalue weighted by atomic mass is 9.88. The summed E-state index contributed by atoms with van der Waals surface area (Å²) in [4.78, 5) is 11.2. The van der Waals surface area contributed by atoms with Gasteiger partial charge in [-0.05, 0) is 41.8 Å². The molecule has 3 rings (SSSR count). The van der Waals surface area contributed by atoms with Crippen LogP contribution in [0.25, 0.3) is 0 Å². The van der Waals surface area contributed by atoms with E-state index in [-0.39, 0.29) is 31.2 Å². The molecule has 1 fully saturated rings. The highest BCUT2D eigenvalue weighted by molar-refractivity contribution is 5.73. The maximum Gasteiger partial charge on any atom is 0.417 e. The first kappa shape index (κ1) is 26.2. The summed E-state index contributed by atoms with van der Waals surface area (Å²) in [5.74, 6) is -0.893. The monoisotopic (exact) mass is 500 g/mol. The minimum atomic E-state index is -4.87. The van der Waals surface area contributed by atoms with Gasteiger partial charge >= 0.3 is 18.4 Å². The molecule has 3 atom stereocenters. The van der Waals surface area contributed by atoms with Crippen LogP contribution >= 0.6 is 0 Å². The quantitative estimate of drug-likeness (QED) is 0.512. The van der Waals surface area contributed by atoms with E-state index in [0.29, 0.717) is 11.8 Å². The standard InChI is InChI=1S/C23H22F6N4O2/c1-31-21(34)32-11-13-2-6-17(7-3-13)35-12-16-9-18(20(33-16)23(27,28)29)14-4-5-15(10-30)19(8-14)22(24,25)26/h2-8,16,18,20,33H,9,11-12H2,1H3,(H2,31,32,34)/t16-,18?,20+/m0/s1. The topological polar surface area (TPSA) is 86.2 Å². The number of amides is 2. The first-order valence-corrected chi connectivity index (χ1v) is 10.5. The molecule has 2 amide bonds. The van der Waals surface area contributed by atoms with Crippen LogP contribution in [-0.4, -0.2) is 37.9 Å². The number of rotatable bonds is 6. The van der Waals surface area contributed by atoms with E-state index in [1.54, 1.807) is 24.3 Å². The van der Waals surface area contributed by atoms with Gasteiger partial charge in [0.2, 0.25) is 0 Å². The number of nitrogens with one attached hydrogen (secondary N) is 3. The second kappa shape index (κ2) is 10.4. The maximum atomic E-state index is 13.7. The molecule has 3 N–H and O–H groups in total. The third-order valence-corrected chi connectivity index (χ3v) is 5.66. The van der Waals surface area contributed by atoms with Gasteiger partial charge in [0.05, 0.1) is 17.2 Å². The van der Waals surface area contributed by atoms with E-state index in [1.165, 1.54) is 13.1 Å². The minimum absolute atomic E-state index is 0.110. The van der Waals surface area contributed by atoms with Gasteiger partial charge in [0.15, 0.2) is 0 Å². The molecule has 188 valence electrons. The summed E-state index contributed by atoms with van der Waals surface area (Å²) in [7, 11) is 1.48. The minimum Gasteiger partial charge on any atom is -0.492 e. The summed E-state index contributed by atoms with van der Waals surface area (Å²) in [6.07, 6.45) is -9.68. The van der Waals surface area contributed by atoms with E-state index in [1.807, 2.05) is 0 Å². The highest BCUT2D eigenvalue weighted by Gasteiger charge is 2.51. The average Bonchev–Trinajstić information content (AvgIpc) is 3.26. The van der Waals surface area contributed by atoms with Crippen molar-refractivity contribution >= 4 is 6.03 Å². The van der Waals surface area contributed by atoms with Crippen molar-refractivity contribution in [2.24, 2.45) is 0 Å². The summed E-state index contributed by atoms with van der Waals surface area (Å²) in [6.45, 7) is 0.130. The van der Waals surface area contributed by atoms with E-state index in [2.05, 4.69) is 16.0 Å². The molecule has 0 aromatic heterocycles. The van der Waals surface area contributed by atoms with Crippen LogP contribution in [0.3, 0.4) is 0 Å². The highest BCUT2D eigenvalue weighted by Crippen LogP contribution is 2.42. The smallest absolute Gasteiger partial charge is 0.417 e. The summed E-state index contributed by atoms with van der Waals surface area (Å²) >= 11 is 0. The van der Waals surface area contributed by atoms with Crippen molar-refractivity contribution in [1.82, 2.24) is 16.0 Å². The Kier molecular flexibility index (Phi) is 7.80. The van der Waals surface area contributed by atoms with Crippen LogP contribution in [0.15, 0.2) is 42.5 Å². The van der Waals surface area contributed by atoms with Crippen LogP contribution in [0.1, 0.15) is 34.6 Å². The van der Waals surface area contributed by atoms with Crippen LogP contribution in [0.5, 0.6) is 5.75 Å². The average molecular weight is 500 g/mol. The molecule has 0 spiro atoms. The number of alkyl halides is 6. The fourth-order valence-corrected chi connectivity index (χ4v) is 3.94.